The second-order valence-corrected chi connectivity index (χ2v) is 6.38. The molecule has 0 spiro atoms. The van der Waals surface area contributed by atoms with Crippen molar-refractivity contribution in [2.45, 2.75) is 6.92 Å². The highest BCUT2D eigenvalue weighted by Crippen LogP contribution is 2.20. The quantitative estimate of drug-likeness (QED) is 0.844. The summed E-state index contributed by atoms with van der Waals surface area (Å²) in [7, 11) is -3.29. The molecule has 0 saturated heterocycles. The number of benzene rings is 1. The van der Waals surface area contributed by atoms with E-state index in [2.05, 4.69) is 4.98 Å². The lowest BCUT2D eigenvalue weighted by Gasteiger charge is -1.98. The molecular weight excluding hydrogens is 238 g/mol. The number of hydrogen-bond donors (Lipinski definition) is 1. The van der Waals surface area contributed by atoms with Crippen LogP contribution in [0, 0.1) is 6.92 Å². The molecule has 0 amide bonds. The van der Waals surface area contributed by atoms with Crippen LogP contribution in [0.25, 0.3) is 10.9 Å². The molecule has 90 valence electrons. The summed E-state index contributed by atoms with van der Waals surface area (Å²) in [6.45, 7) is 1.93. The van der Waals surface area contributed by atoms with Gasteiger partial charge >= 0.3 is 0 Å². The topological polar surface area (TPSA) is 67.0 Å². The number of sulfone groups is 1. The number of Topliss-reactive ketones (excluding diaryl/α,β-unsaturated/α-hetero) is 1. The Balaban J connectivity index is 2.49. The van der Waals surface area contributed by atoms with Crippen molar-refractivity contribution >= 4 is 26.5 Å². The summed E-state index contributed by atoms with van der Waals surface area (Å²) in [6.07, 6.45) is 2.63. The van der Waals surface area contributed by atoms with Crippen LogP contribution in [-0.4, -0.2) is 31.2 Å². The molecule has 0 fully saturated rings. The van der Waals surface area contributed by atoms with Crippen molar-refractivity contribution in [2.24, 2.45) is 0 Å². The third kappa shape index (κ3) is 2.55. The van der Waals surface area contributed by atoms with Gasteiger partial charge in [0.1, 0.15) is 5.75 Å². The number of aromatic amines is 1. The predicted octanol–water partition coefficient (Wildman–Crippen LogP) is 1.70. The Morgan fingerprint density at radius 2 is 2.06 bits per heavy atom. The van der Waals surface area contributed by atoms with Crippen LogP contribution in [0.5, 0.6) is 0 Å². The summed E-state index contributed by atoms with van der Waals surface area (Å²) in [5.74, 6) is -0.821. The predicted molar refractivity (Wildman–Crippen MR) is 67.1 cm³/mol. The molecule has 0 aliphatic heterocycles. The molecule has 1 aromatic carbocycles. The lowest BCUT2D eigenvalue weighted by molar-refractivity contribution is 0.102. The van der Waals surface area contributed by atoms with Crippen LogP contribution in [0.15, 0.2) is 24.4 Å². The summed E-state index contributed by atoms with van der Waals surface area (Å²) in [5, 5.41) is 0.777. The van der Waals surface area contributed by atoms with Gasteiger partial charge in [0, 0.05) is 28.9 Å². The second-order valence-electron chi connectivity index (χ2n) is 4.24. The van der Waals surface area contributed by atoms with E-state index >= 15 is 0 Å². The molecule has 0 radical (unpaired) electrons. The van der Waals surface area contributed by atoms with Crippen molar-refractivity contribution in [3.63, 3.8) is 0 Å². The molecule has 4 nitrogen and oxygen atoms in total. The number of ketones is 1. The Kier molecular flexibility index (Phi) is 2.79. The molecule has 17 heavy (non-hydrogen) atoms. The Morgan fingerprint density at radius 1 is 1.35 bits per heavy atom. The van der Waals surface area contributed by atoms with Gasteiger partial charge in [-0.05, 0) is 19.1 Å². The second kappa shape index (κ2) is 4.00. The summed E-state index contributed by atoms with van der Waals surface area (Å²) < 4.78 is 22.2. The van der Waals surface area contributed by atoms with Crippen LogP contribution < -0.4 is 0 Å². The molecule has 5 heteroatoms. The van der Waals surface area contributed by atoms with Crippen LogP contribution in [0.3, 0.4) is 0 Å². The third-order valence-electron chi connectivity index (χ3n) is 2.53. The summed E-state index contributed by atoms with van der Waals surface area (Å²) in [5.41, 5.74) is 2.31. The molecule has 0 unspecified atom stereocenters. The first-order valence-electron chi connectivity index (χ1n) is 5.15. The van der Waals surface area contributed by atoms with E-state index in [-0.39, 0.29) is 5.78 Å². The van der Waals surface area contributed by atoms with E-state index in [1.807, 2.05) is 25.1 Å². The Labute approximate surface area is 99.6 Å². The number of aryl methyl sites for hydroxylation is 1. The van der Waals surface area contributed by atoms with Crippen LogP contribution in [0.4, 0.5) is 0 Å². The van der Waals surface area contributed by atoms with Gasteiger partial charge in [-0.3, -0.25) is 4.79 Å². The van der Waals surface area contributed by atoms with Gasteiger partial charge in [-0.2, -0.15) is 0 Å². The van der Waals surface area contributed by atoms with E-state index in [4.69, 9.17) is 0 Å². The highest BCUT2D eigenvalue weighted by molar-refractivity contribution is 7.91. The van der Waals surface area contributed by atoms with E-state index in [1.54, 1.807) is 6.20 Å². The van der Waals surface area contributed by atoms with Gasteiger partial charge in [-0.15, -0.1) is 0 Å². The van der Waals surface area contributed by atoms with Gasteiger partial charge in [-0.25, -0.2) is 8.42 Å². The number of nitrogens with one attached hydrogen (secondary N) is 1. The van der Waals surface area contributed by atoms with Gasteiger partial charge in [0.05, 0.1) is 0 Å². The van der Waals surface area contributed by atoms with E-state index in [9.17, 15) is 13.2 Å². The average Bonchev–Trinajstić information content (AvgIpc) is 2.57. The van der Waals surface area contributed by atoms with Crippen LogP contribution in [-0.2, 0) is 9.84 Å². The zero-order valence-corrected chi connectivity index (χ0v) is 10.5. The normalized spacial score (nSPS) is 11.9. The molecule has 0 atom stereocenters. The van der Waals surface area contributed by atoms with Crippen molar-refractivity contribution in [2.75, 3.05) is 12.0 Å². The van der Waals surface area contributed by atoms with Crippen molar-refractivity contribution in [1.82, 2.24) is 4.98 Å². The van der Waals surface area contributed by atoms with Crippen LogP contribution in [0.2, 0.25) is 0 Å². The van der Waals surface area contributed by atoms with E-state index in [1.165, 1.54) is 0 Å². The van der Waals surface area contributed by atoms with E-state index in [0.29, 0.717) is 5.56 Å². The maximum absolute atomic E-state index is 11.8. The lowest BCUT2D eigenvalue weighted by Crippen LogP contribution is -2.14. The van der Waals surface area contributed by atoms with Crippen LogP contribution >= 0.6 is 0 Å². The van der Waals surface area contributed by atoms with Crippen molar-refractivity contribution in [1.29, 1.82) is 0 Å². The Morgan fingerprint density at radius 3 is 2.71 bits per heavy atom. The summed E-state index contributed by atoms with van der Waals surface area (Å²) >= 11 is 0. The number of H-pyrrole nitrogens is 1. The highest BCUT2D eigenvalue weighted by atomic mass is 32.2. The molecule has 0 saturated carbocycles. The molecule has 1 aromatic heterocycles. The minimum absolute atomic E-state index is 0.371. The van der Waals surface area contributed by atoms with Gasteiger partial charge in [0.25, 0.3) is 0 Å². The van der Waals surface area contributed by atoms with Gasteiger partial charge < -0.3 is 4.98 Å². The molecule has 1 N–H and O–H groups in total. The molecule has 0 bridgehead atoms. The number of carbonyl (C=O) groups excluding carboxylic acids is 1. The summed E-state index contributed by atoms with van der Waals surface area (Å²) in [4.78, 5) is 14.8. The zero-order chi connectivity index (χ0) is 12.6. The van der Waals surface area contributed by atoms with Crippen molar-refractivity contribution < 1.29 is 13.2 Å². The fourth-order valence-corrected chi connectivity index (χ4v) is 2.41. The number of hydrogen-bond acceptors (Lipinski definition) is 3. The smallest absolute Gasteiger partial charge is 0.179 e. The largest absolute Gasteiger partial charge is 0.360 e. The number of aromatic nitrogens is 1. The molecule has 0 aliphatic carbocycles. The molecule has 1 heterocycles. The number of rotatable bonds is 3. The maximum Gasteiger partial charge on any atom is 0.179 e. The lowest BCUT2D eigenvalue weighted by atomic mass is 10.1. The SMILES string of the molecule is Cc1ccc2[nH]cc(C(=O)CS(C)(=O)=O)c2c1. The third-order valence-corrected chi connectivity index (χ3v) is 3.32. The number of fused-ring (bicyclic) bond motifs is 1. The van der Waals surface area contributed by atoms with E-state index in [0.717, 1.165) is 22.7 Å². The fraction of sp³-hybridized carbons (Fsp3) is 0.250. The monoisotopic (exact) mass is 251 g/mol. The Hall–Kier alpha value is -1.62. The van der Waals surface area contributed by atoms with Crippen molar-refractivity contribution in [3.05, 3.63) is 35.5 Å². The first-order valence-corrected chi connectivity index (χ1v) is 7.21. The average molecular weight is 251 g/mol. The van der Waals surface area contributed by atoms with Gasteiger partial charge in [0.15, 0.2) is 15.6 Å². The molecule has 0 aliphatic rings. The Bertz CT molecular complexity index is 683. The minimum atomic E-state index is -3.29. The van der Waals surface area contributed by atoms with Gasteiger partial charge in [-0.1, -0.05) is 11.6 Å². The minimum Gasteiger partial charge on any atom is -0.360 e. The first kappa shape index (κ1) is 11.9. The van der Waals surface area contributed by atoms with Gasteiger partial charge in [0.2, 0.25) is 0 Å². The molecule has 2 aromatic rings. The van der Waals surface area contributed by atoms with Crippen molar-refractivity contribution in [3.8, 4) is 0 Å². The summed E-state index contributed by atoms with van der Waals surface area (Å²) in [6, 6.07) is 5.69. The standard InChI is InChI=1S/C12H13NO3S/c1-8-3-4-11-9(5-8)10(6-13-11)12(14)7-17(2,15)16/h3-6,13H,7H2,1-2H3. The fourth-order valence-electron chi connectivity index (χ4n) is 1.78. The molecule has 2 rings (SSSR count). The van der Waals surface area contributed by atoms with E-state index < -0.39 is 15.6 Å². The highest BCUT2D eigenvalue weighted by Gasteiger charge is 2.16. The van der Waals surface area contributed by atoms with Crippen LogP contribution in [0.1, 0.15) is 15.9 Å². The first-order chi connectivity index (χ1) is 7.87. The maximum atomic E-state index is 11.8. The number of carbonyl (C=O) groups is 1. The molecular formula is C12H13NO3S. The zero-order valence-electron chi connectivity index (χ0n) is 9.65.